The summed E-state index contributed by atoms with van der Waals surface area (Å²) in [5, 5.41) is 0. The van der Waals surface area contributed by atoms with Crippen molar-refractivity contribution in [1.29, 1.82) is 0 Å². The van der Waals surface area contributed by atoms with Crippen molar-refractivity contribution in [3.63, 3.8) is 0 Å². The Bertz CT molecular complexity index is 219. The molecule has 0 heterocycles. The number of hydrogen-bond acceptors (Lipinski definition) is 2. The fourth-order valence-electron chi connectivity index (χ4n) is 2.84. The Labute approximate surface area is 112 Å². The Morgan fingerprint density at radius 3 is 2.61 bits per heavy atom. The minimum Gasteiger partial charge on any atom is -0.373 e. The van der Waals surface area contributed by atoms with Crippen LogP contribution in [0.2, 0.25) is 0 Å². The Morgan fingerprint density at radius 2 is 2.00 bits per heavy atom. The van der Waals surface area contributed by atoms with Crippen LogP contribution in [0.1, 0.15) is 71.6 Å². The van der Waals surface area contributed by atoms with E-state index in [1.165, 1.54) is 44.9 Å². The lowest BCUT2D eigenvalue weighted by atomic mass is 9.94. The van der Waals surface area contributed by atoms with Gasteiger partial charge in [0.25, 0.3) is 0 Å². The Kier molecular flexibility index (Phi) is 8.32. The van der Waals surface area contributed by atoms with E-state index >= 15 is 0 Å². The molecule has 0 saturated heterocycles. The molecule has 0 N–H and O–H groups in total. The maximum absolute atomic E-state index is 11.8. The third-order valence-corrected chi connectivity index (χ3v) is 4.15. The van der Waals surface area contributed by atoms with Gasteiger partial charge in [0.15, 0.2) is 5.78 Å². The third kappa shape index (κ3) is 6.53. The minimum atomic E-state index is 0.302. The molecule has 1 aliphatic rings. The van der Waals surface area contributed by atoms with E-state index in [0.717, 1.165) is 25.4 Å². The molecule has 0 aromatic carbocycles. The zero-order valence-corrected chi connectivity index (χ0v) is 12.2. The van der Waals surface area contributed by atoms with Gasteiger partial charge < -0.3 is 4.74 Å². The second-order valence-electron chi connectivity index (χ2n) is 5.82. The summed E-state index contributed by atoms with van der Waals surface area (Å²) in [7, 11) is 0. The van der Waals surface area contributed by atoms with E-state index < -0.39 is 0 Å². The van der Waals surface area contributed by atoms with Crippen molar-refractivity contribution >= 4 is 5.78 Å². The zero-order chi connectivity index (χ0) is 13.2. The smallest absolute Gasteiger partial charge is 0.158 e. The van der Waals surface area contributed by atoms with E-state index in [1.54, 1.807) is 0 Å². The molecule has 0 bridgehead atoms. The van der Waals surface area contributed by atoms with E-state index in [9.17, 15) is 4.79 Å². The number of unbranched alkanes of at least 4 members (excludes halogenated alkanes) is 1. The first-order valence-corrected chi connectivity index (χ1v) is 7.85. The largest absolute Gasteiger partial charge is 0.373 e. The van der Waals surface area contributed by atoms with Crippen molar-refractivity contribution in [1.82, 2.24) is 0 Å². The van der Waals surface area contributed by atoms with Crippen LogP contribution in [-0.4, -0.2) is 19.0 Å². The fourth-order valence-corrected chi connectivity index (χ4v) is 2.84. The summed E-state index contributed by atoms with van der Waals surface area (Å²) in [6, 6.07) is 0. The van der Waals surface area contributed by atoms with Gasteiger partial charge >= 0.3 is 0 Å². The Hall–Kier alpha value is -0.370. The maximum Gasteiger partial charge on any atom is 0.158 e. The molecule has 2 heteroatoms. The first-order valence-electron chi connectivity index (χ1n) is 7.85. The van der Waals surface area contributed by atoms with Crippen molar-refractivity contribution in [3.8, 4) is 0 Å². The van der Waals surface area contributed by atoms with Crippen LogP contribution in [0, 0.1) is 11.8 Å². The van der Waals surface area contributed by atoms with Crippen LogP contribution in [0.3, 0.4) is 0 Å². The number of ketones is 1. The van der Waals surface area contributed by atoms with Gasteiger partial charge in [0, 0.05) is 13.0 Å². The minimum absolute atomic E-state index is 0.302. The summed E-state index contributed by atoms with van der Waals surface area (Å²) >= 11 is 0. The summed E-state index contributed by atoms with van der Waals surface area (Å²) in [6.45, 7) is 5.54. The Balaban J connectivity index is 2.07. The monoisotopic (exact) mass is 254 g/mol. The molecule has 1 unspecified atom stereocenters. The zero-order valence-electron chi connectivity index (χ0n) is 12.2. The summed E-state index contributed by atoms with van der Waals surface area (Å²) in [5.74, 6) is 1.60. The number of ether oxygens (including phenoxy) is 1. The molecule has 2 nitrogen and oxygen atoms in total. The van der Waals surface area contributed by atoms with Crippen LogP contribution in [0.15, 0.2) is 0 Å². The van der Waals surface area contributed by atoms with Gasteiger partial charge in [0.05, 0.1) is 0 Å². The predicted molar refractivity (Wildman–Crippen MR) is 75.7 cm³/mol. The second-order valence-corrected chi connectivity index (χ2v) is 5.82. The highest BCUT2D eigenvalue weighted by Gasteiger charge is 2.16. The second kappa shape index (κ2) is 9.55. The lowest BCUT2D eigenvalue weighted by molar-refractivity contribution is -0.125. The molecule has 0 amide bonds. The first kappa shape index (κ1) is 15.7. The maximum atomic E-state index is 11.8. The normalized spacial score (nSPS) is 18.1. The number of hydrogen-bond donors (Lipinski definition) is 0. The molecule has 18 heavy (non-hydrogen) atoms. The molecule has 0 radical (unpaired) electrons. The van der Waals surface area contributed by atoms with E-state index in [-0.39, 0.29) is 0 Å². The van der Waals surface area contributed by atoms with Gasteiger partial charge in [-0.15, -0.1) is 0 Å². The van der Waals surface area contributed by atoms with Crippen LogP contribution in [0.25, 0.3) is 0 Å². The highest BCUT2D eigenvalue weighted by atomic mass is 16.5. The lowest BCUT2D eigenvalue weighted by Gasteiger charge is -2.14. The van der Waals surface area contributed by atoms with Crippen LogP contribution in [0.5, 0.6) is 0 Å². The topological polar surface area (TPSA) is 26.3 Å². The molecular weight excluding hydrogens is 224 g/mol. The van der Waals surface area contributed by atoms with Crippen LogP contribution in [0.4, 0.5) is 0 Å². The van der Waals surface area contributed by atoms with Crippen molar-refractivity contribution in [2.45, 2.75) is 71.6 Å². The standard InChI is InChI=1S/C16H30O2/c1-3-5-8-14(4-2)11-16(17)13-18-12-15-9-6-7-10-15/h14-15H,3-13H2,1-2H3. The molecule has 1 aliphatic carbocycles. The fraction of sp³-hybridized carbons (Fsp3) is 0.938. The Morgan fingerprint density at radius 1 is 1.28 bits per heavy atom. The van der Waals surface area contributed by atoms with Crippen molar-refractivity contribution in [2.75, 3.05) is 13.2 Å². The van der Waals surface area contributed by atoms with Gasteiger partial charge in [0.1, 0.15) is 6.61 Å². The van der Waals surface area contributed by atoms with Crippen LogP contribution >= 0.6 is 0 Å². The molecule has 106 valence electrons. The predicted octanol–water partition coefficient (Wildman–Crippen LogP) is 4.37. The van der Waals surface area contributed by atoms with Crippen molar-refractivity contribution < 1.29 is 9.53 Å². The highest BCUT2D eigenvalue weighted by molar-refractivity contribution is 5.79. The van der Waals surface area contributed by atoms with Crippen LogP contribution in [-0.2, 0) is 9.53 Å². The summed E-state index contributed by atoms with van der Waals surface area (Å²) in [5.41, 5.74) is 0. The highest BCUT2D eigenvalue weighted by Crippen LogP contribution is 2.24. The quantitative estimate of drug-likeness (QED) is 0.578. The van der Waals surface area contributed by atoms with Crippen molar-refractivity contribution in [2.24, 2.45) is 11.8 Å². The molecule has 1 saturated carbocycles. The molecule has 0 aliphatic heterocycles. The molecule has 1 atom stereocenters. The van der Waals surface area contributed by atoms with E-state index in [0.29, 0.717) is 18.3 Å². The number of carbonyl (C=O) groups is 1. The molecule has 1 rings (SSSR count). The number of rotatable bonds is 10. The summed E-state index contributed by atoms with van der Waals surface area (Å²) in [4.78, 5) is 11.8. The van der Waals surface area contributed by atoms with Gasteiger partial charge in [-0.3, -0.25) is 4.79 Å². The van der Waals surface area contributed by atoms with Gasteiger partial charge in [-0.1, -0.05) is 52.4 Å². The molecule has 0 aromatic heterocycles. The molecule has 1 fully saturated rings. The van der Waals surface area contributed by atoms with Gasteiger partial charge in [-0.05, 0) is 24.7 Å². The first-order chi connectivity index (χ1) is 8.76. The van der Waals surface area contributed by atoms with E-state index in [4.69, 9.17) is 4.74 Å². The summed E-state index contributed by atoms with van der Waals surface area (Å²) < 4.78 is 5.58. The average Bonchev–Trinajstić information content (AvgIpc) is 2.87. The van der Waals surface area contributed by atoms with Crippen molar-refractivity contribution in [3.05, 3.63) is 0 Å². The molecular formula is C16H30O2. The SMILES string of the molecule is CCCCC(CC)CC(=O)COCC1CCCC1. The lowest BCUT2D eigenvalue weighted by Crippen LogP contribution is -2.16. The van der Waals surface area contributed by atoms with Gasteiger partial charge in [-0.2, -0.15) is 0 Å². The third-order valence-electron chi connectivity index (χ3n) is 4.15. The van der Waals surface area contributed by atoms with Crippen LogP contribution < -0.4 is 0 Å². The number of Topliss-reactive ketones (excluding diaryl/α,β-unsaturated/α-hetero) is 1. The van der Waals surface area contributed by atoms with Gasteiger partial charge in [0.2, 0.25) is 0 Å². The van der Waals surface area contributed by atoms with E-state index in [1.807, 2.05) is 0 Å². The van der Waals surface area contributed by atoms with Gasteiger partial charge in [-0.25, -0.2) is 0 Å². The molecule has 0 spiro atoms. The molecule has 0 aromatic rings. The average molecular weight is 254 g/mol. The van der Waals surface area contributed by atoms with E-state index in [2.05, 4.69) is 13.8 Å². The summed E-state index contributed by atoms with van der Waals surface area (Å²) in [6.07, 6.45) is 10.8. The number of carbonyl (C=O) groups excluding carboxylic acids is 1.